The monoisotopic (exact) mass is 128 g/mol. The van der Waals surface area contributed by atoms with E-state index in [1.165, 1.54) is 32.5 Å². The highest BCUT2D eigenvalue weighted by atomic mass is 15.3. The van der Waals surface area contributed by atoms with Gasteiger partial charge in [-0.1, -0.05) is 13.3 Å². The quantitative estimate of drug-likeness (QED) is 0.600. The molecule has 0 aromatic rings. The smallest absolute Gasteiger partial charge is 0.0481 e. The van der Waals surface area contributed by atoms with Crippen molar-refractivity contribution < 1.29 is 0 Å². The van der Waals surface area contributed by atoms with Gasteiger partial charge in [0.2, 0.25) is 0 Å². The lowest BCUT2D eigenvalue weighted by atomic mass is 10.3. The van der Waals surface area contributed by atoms with Gasteiger partial charge in [-0.2, -0.15) is 0 Å². The van der Waals surface area contributed by atoms with E-state index in [9.17, 15) is 0 Å². The first kappa shape index (κ1) is 7.03. The molecule has 0 radical (unpaired) electrons. The molecule has 54 valence electrons. The Balaban J connectivity index is 1.98. The first-order valence-corrected chi connectivity index (χ1v) is 3.86. The summed E-state index contributed by atoms with van der Waals surface area (Å²) in [5, 5.41) is 3.31. The minimum Gasteiger partial charge on any atom is -0.303 e. The molecule has 0 saturated carbocycles. The zero-order chi connectivity index (χ0) is 6.53. The van der Waals surface area contributed by atoms with Crippen molar-refractivity contribution in [3.8, 4) is 0 Å². The zero-order valence-corrected chi connectivity index (χ0v) is 6.19. The fourth-order valence-electron chi connectivity index (χ4n) is 1.13. The molecule has 0 amide bonds. The van der Waals surface area contributed by atoms with E-state index in [0.29, 0.717) is 0 Å². The van der Waals surface area contributed by atoms with Crippen molar-refractivity contribution >= 4 is 0 Å². The topological polar surface area (TPSA) is 15.3 Å². The summed E-state index contributed by atoms with van der Waals surface area (Å²) in [6.45, 7) is 7.07. The van der Waals surface area contributed by atoms with Gasteiger partial charge in [0.25, 0.3) is 0 Å². The molecule has 1 fully saturated rings. The maximum Gasteiger partial charge on any atom is 0.0481 e. The van der Waals surface area contributed by atoms with Crippen molar-refractivity contribution in [2.24, 2.45) is 0 Å². The largest absolute Gasteiger partial charge is 0.303 e. The molecule has 1 aliphatic heterocycles. The number of nitrogens with one attached hydrogen (secondary N) is 1. The average Bonchev–Trinajstić information content (AvgIpc) is 2.34. The minimum absolute atomic E-state index is 1.11. The lowest BCUT2D eigenvalue weighted by molar-refractivity contribution is 0.329. The Morgan fingerprint density at radius 2 is 2.44 bits per heavy atom. The molecule has 2 heteroatoms. The standard InChI is InChI=1S/C7H16N2/c1-2-3-5-9-6-4-8-7-9/h8H,2-7H2,1H3. The first-order valence-electron chi connectivity index (χ1n) is 3.86. The van der Waals surface area contributed by atoms with Crippen LogP contribution in [-0.4, -0.2) is 31.2 Å². The lowest BCUT2D eigenvalue weighted by Crippen LogP contribution is -2.22. The van der Waals surface area contributed by atoms with E-state index in [0.717, 1.165) is 6.67 Å². The van der Waals surface area contributed by atoms with Crippen LogP contribution in [0.2, 0.25) is 0 Å². The Labute approximate surface area is 57.2 Å². The summed E-state index contributed by atoms with van der Waals surface area (Å²) in [5.41, 5.74) is 0. The first-order chi connectivity index (χ1) is 4.43. The number of rotatable bonds is 3. The molecule has 1 aliphatic rings. The summed E-state index contributed by atoms with van der Waals surface area (Å²) in [6.07, 6.45) is 2.66. The second-order valence-corrected chi connectivity index (χ2v) is 2.63. The van der Waals surface area contributed by atoms with E-state index in [1.807, 2.05) is 0 Å². The second kappa shape index (κ2) is 3.85. The van der Waals surface area contributed by atoms with Crippen LogP contribution in [0.15, 0.2) is 0 Å². The Hall–Kier alpha value is -0.0800. The molecule has 2 nitrogen and oxygen atoms in total. The van der Waals surface area contributed by atoms with E-state index >= 15 is 0 Å². The number of hydrogen-bond acceptors (Lipinski definition) is 2. The highest BCUT2D eigenvalue weighted by Gasteiger charge is 2.07. The fourth-order valence-corrected chi connectivity index (χ4v) is 1.13. The van der Waals surface area contributed by atoms with Gasteiger partial charge < -0.3 is 5.32 Å². The summed E-state index contributed by atoms with van der Waals surface area (Å²) in [5.74, 6) is 0. The molecule has 0 aromatic carbocycles. The normalized spacial score (nSPS) is 21.0. The zero-order valence-electron chi connectivity index (χ0n) is 6.19. The van der Waals surface area contributed by atoms with Gasteiger partial charge in [0.05, 0.1) is 0 Å². The van der Waals surface area contributed by atoms with E-state index in [2.05, 4.69) is 17.1 Å². The lowest BCUT2D eigenvalue weighted by Gasteiger charge is -2.11. The Morgan fingerprint density at radius 3 is 3.00 bits per heavy atom. The molecule has 1 saturated heterocycles. The Kier molecular flexibility index (Phi) is 3.01. The summed E-state index contributed by atoms with van der Waals surface area (Å²) < 4.78 is 0. The van der Waals surface area contributed by atoms with E-state index in [1.54, 1.807) is 0 Å². The molecule has 0 bridgehead atoms. The number of hydrogen-bond donors (Lipinski definition) is 1. The summed E-state index contributed by atoms with van der Waals surface area (Å²) in [7, 11) is 0. The van der Waals surface area contributed by atoms with Crippen LogP contribution in [0.4, 0.5) is 0 Å². The van der Waals surface area contributed by atoms with Crippen LogP contribution in [0.5, 0.6) is 0 Å². The van der Waals surface area contributed by atoms with Crippen LogP contribution < -0.4 is 5.32 Å². The summed E-state index contributed by atoms with van der Waals surface area (Å²) in [4.78, 5) is 2.46. The maximum absolute atomic E-state index is 3.31. The van der Waals surface area contributed by atoms with E-state index < -0.39 is 0 Å². The Bertz CT molecular complexity index is 67.3. The highest BCUT2D eigenvalue weighted by Crippen LogP contribution is 1.95. The van der Waals surface area contributed by atoms with Crippen molar-refractivity contribution in [1.29, 1.82) is 0 Å². The predicted molar refractivity (Wildman–Crippen MR) is 39.4 cm³/mol. The molecule has 0 atom stereocenters. The molecule has 0 spiro atoms. The van der Waals surface area contributed by atoms with Crippen molar-refractivity contribution in [3.63, 3.8) is 0 Å². The van der Waals surface area contributed by atoms with Gasteiger partial charge in [-0.25, -0.2) is 0 Å². The maximum atomic E-state index is 3.31. The molecule has 0 aliphatic carbocycles. The second-order valence-electron chi connectivity index (χ2n) is 2.63. The third-order valence-corrected chi connectivity index (χ3v) is 1.77. The molecule has 1 rings (SSSR count). The minimum atomic E-state index is 1.11. The highest BCUT2D eigenvalue weighted by molar-refractivity contribution is 4.64. The average molecular weight is 128 g/mol. The van der Waals surface area contributed by atoms with Crippen LogP contribution in [0.1, 0.15) is 19.8 Å². The summed E-state index contributed by atoms with van der Waals surface area (Å²) in [6, 6.07) is 0. The van der Waals surface area contributed by atoms with Crippen LogP contribution in [0.3, 0.4) is 0 Å². The predicted octanol–water partition coefficient (Wildman–Crippen LogP) is 0.649. The van der Waals surface area contributed by atoms with E-state index in [-0.39, 0.29) is 0 Å². The molecule has 0 aromatic heterocycles. The SMILES string of the molecule is CCCCN1CCNC1. The van der Waals surface area contributed by atoms with Gasteiger partial charge in [-0.3, -0.25) is 4.90 Å². The van der Waals surface area contributed by atoms with Gasteiger partial charge in [0.1, 0.15) is 0 Å². The van der Waals surface area contributed by atoms with Gasteiger partial charge in [-0.15, -0.1) is 0 Å². The third-order valence-electron chi connectivity index (χ3n) is 1.77. The van der Waals surface area contributed by atoms with Crippen LogP contribution >= 0.6 is 0 Å². The molecule has 9 heavy (non-hydrogen) atoms. The van der Waals surface area contributed by atoms with Crippen LogP contribution in [0, 0.1) is 0 Å². The number of unbranched alkanes of at least 4 members (excludes halogenated alkanes) is 1. The number of nitrogens with zero attached hydrogens (tertiary/aromatic N) is 1. The van der Waals surface area contributed by atoms with Gasteiger partial charge in [-0.05, 0) is 13.0 Å². The van der Waals surface area contributed by atoms with Crippen molar-refractivity contribution in [2.45, 2.75) is 19.8 Å². The molecule has 1 N–H and O–H groups in total. The molecule has 1 heterocycles. The Morgan fingerprint density at radius 1 is 1.56 bits per heavy atom. The third kappa shape index (κ3) is 2.33. The molecular weight excluding hydrogens is 112 g/mol. The summed E-state index contributed by atoms with van der Waals surface area (Å²) >= 11 is 0. The van der Waals surface area contributed by atoms with Crippen LogP contribution in [0.25, 0.3) is 0 Å². The van der Waals surface area contributed by atoms with Crippen LogP contribution in [-0.2, 0) is 0 Å². The van der Waals surface area contributed by atoms with Crippen molar-refractivity contribution in [3.05, 3.63) is 0 Å². The van der Waals surface area contributed by atoms with Gasteiger partial charge in [0, 0.05) is 19.8 Å². The molecular formula is C7H16N2. The van der Waals surface area contributed by atoms with Gasteiger partial charge >= 0.3 is 0 Å². The van der Waals surface area contributed by atoms with E-state index in [4.69, 9.17) is 0 Å². The fraction of sp³-hybridized carbons (Fsp3) is 1.00. The van der Waals surface area contributed by atoms with Crippen molar-refractivity contribution in [2.75, 3.05) is 26.3 Å². The molecule has 0 unspecified atom stereocenters. The van der Waals surface area contributed by atoms with Gasteiger partial charge in [0.15, 0.2) is 0 Å². The van der Waals surface area contributed by atoms with Crippen molar-refractivity contribution in [1.82, 2.24) is 10.2 Å².